The Balaban J connectivity index is 1.50. The molecule has 0 bridgehead atoms. The number of benzene rings is 2. The zero-order valence-corrected chi connectivity index (χ0v) is 15.2. The minimum Gasteiger partial charge on any atom is -0.450 e. The van der Waals surface area contributed by atoms with Crippen molar-refractivity contribution in [3.05, 3.63) is 70.5 Å². The van der Waals surface area contributed by atoms with Gasteiger partial charge in [0.05, 0.1) is 22.1 Å². The average molecular weight is 385 g/mol. The van der Waals surface area contributed by atoms with E-state index < -0.39 is 12.1 Å². The number of para-hydroxylation sites is 1. The van der Waals surface area contributed by atoms with Gasteiger partial charge in [0.1, 0.15) is 5.01 Å². The zero-order chi connectivity index (χ0) is 18.1. The number of esters is 1. The van der Waals surface area contributed by atoms with Crippen molar-refractivity contribution in [3.63, 3.8) is 0 Å². The van der Waals surface area contributed by atoms with Crippen LogP contribution in [0.2, 0.25) is 5.02 Å². The van der Waals surface area contributed by atoms with Gasteiger partial charge in [-0.1, -0.05) is 28.9 Å². The van der Waals surface area contributed by atoms with Crippen molar-refractivity contribution in [2.24, 2.45) is 0 Å². The number of carbonyl (C=O) groups excluding carboxylic acids is 1. The first-order chi connectivity index (χ1) is 12.6. The van der Waals surface area contributed by atoms with Crippen LogP contribution in [0.4, 0.5) is 0 Å². The lowest BCUT2D eigenvalue weighted by Crippen LogP contribution is -2.09. The molecule has 1 unspecified atom stereocenters. The average Bonchev–Trinajstić information content (AvgIpc) is 3.29. The van der Waals surface area contributed by atoms with Crippen LogP contribution in [0.25, 0.3) is 15.9 Å². The Morgan fingerprint density at radius 3 is 2.73 bits per heavy atom. The van der Waals surface area contributed by atoms with Crippen molar-refractivity contribution in [2.45, 2.75) is 13.0 Å². The Bertz CT molecular complexity index is 1040. The summed E-state index contributed by atoms with van der Waals surface area (Å²) in [6.45, 7) is 1.79. The van der Waals surface area contributed by atoms with E-state index in [0.29, 0.717) is 5.02 Å². The molecule has 0 aliphatic heterocycles. The van der Waals surface area contributed by atoms with Gasteiger partial charge in [0.15, 0.2) is 11.8 Å². The highest BCUT2D eigenvalue weighted by molar-refractivity contribution is 7.18. The van der Waals surface area contributed by atoms with E-state index in [1.54, 1.807) is 31.2 Å². The van der Waals surface area contributed by atoms with Crippen LogP contribution in [0.15, 0.2) is 54.7 Å². The molecule has 1 atom stereocenters. The normalized spacial score (nSPS) is 12.2. The lowest BCUT2D eigenvalue weighted by molar-refractivity contribution is 0.0330. The summed E-state index contributed by atoms with van der Waals surface area (Å²) in [4.78, 5) is 16.9. The third-order valence-corrected chi connectivity index (χ3v) is 5.19. The molecule has 4 aromatic rings. The fourth-order valence-corrected chi connectivity index (χ4v) is 3.49. The predicted octanol–water partition coefficient (Wildman–Crippen LogP) is 4.45. The smallest absolute Gasteiger partial charge is 0.361 e. The van der Waals surface area contributed by atoms with E-state index in [9.17, 15) is 4.79 Å². The van der Waals surface area contributed by atoms with Crippen LogP contribution in [-0.4, -0.2) is 25.9 Å². The number of halogens is 1. The molecule has 0 saturated heterocycles. The standard InChI is InChI=1S/C18H13ClN4O2S/c1-11(17-20-14-4-2-3-5-16(14)26-17)25-18(24)15-10-23(22-21-15)13-8-6-12(19)7-9-13/h2-11H,1H3. The maximum absolute atomic E-state index is 12.4. The largest absolute Gasteiger partial charge is 0.450 e. The summed E-state index contributed by atoms with van der Waals surface area (Å²) in [5, 5.41) is 9.22. The molecule has 0 saturated carbocycles. The minimum absolute atomic E-state index is 0.132. The van der Waals surface area contributed by atoms with Crippen molar-refractivity contribution < 1.29 is 9.53 Å². The molecule has 8 heteroatoms. The Kier molecular flexibility index (Phi) is 4.40. The van der Waals surface area contributed by atoms with E-state index in [2.05, 4.69) is 15.3 Å². The third kappa shape index (κ3) is 3.31. The maximum Gasteiger partial charge on any atom is 0.361 e. The molecule has 130 valence electrons. The number of ether oxygens (including phenoxy) is 1. The summed E-state index contributed by atoms with van der Waals surface area (Å²) < 4.78 is 8.04. The number of fused-ring (bicyclic) bond motifs is 1. The summed E-state index contributed by atoms with van der Waals surface area (Å²) in [5.41, 5.74) is 1.78. The van der Waals surface area contributed by atoms with Crippen molar-refractivity contribution in [3.8, 4) is 5.69 Å². The number of hydrogen-bond donors (Lipinski definition) is 0. The number of hydrogen-bond acceptors (Lipinski definition) is 6. The topological polar surface area (TPSA) is 69.9 Å². The summed E-state index contributed by atoms with van der Waals surface area (Å²) in [5.74, 6) is -0.544. The van der Waals surface area contributed by atoms with Crippen LogP contribution in [0.5, 0.6) is 0 Å². The van der Waals surface area contributed by atoms with E-state index in [-0.39, 0.29) is 5.69 Å². The first-order valence-corrected chi connectivity index (χ1v) is 9.04. The quantitative estimate of drug-likeness (QED) is 0.486. The van der Waals surface area contributed by atoms with Gasteiger partial charge >= 0.3 is 5.97 Å². The number of rotatable bonds is 4. The molecule has 6 nitrogen and oxygen atoms in total. The lowest BCUT2D eigenvalue weighted by atomic mass is 10.3. The third-order valence-electron chi connectivity index (χ3n) is 3.74. The van der Waals surface area contributed by atoms with E-state index in [4.69, 9.17) is 16.3 Å². The molecule has 2 heterocycles. The molecule has 0 aliphatic carbocycles. The van der Waals surface area contributed by atoms with E-state index in [0.717, 1.165) is 20.9 Å². The molecule has 0 N–H and O–H groups in total. The second-order valence-corrected chi connectivity index (χ2v) is 7.09. The van der Waals surface area contributed by atoms with Gasteiger partial charge in [-0.25, -0.2) is 14.5 Å². The second-order valence-electron chi connectivity index (χ2n) is 5.59. The summed E-state index contributed by atoms with van der Waals surface area (Å²) >= 11 is 7.38. The fraction of sp³-hybridized carbons (Fsp3) is 0.111. The first-order valence-electron chi connectivity index (χ1n) is 7.85. The van der Waals surface area contributed by atoms with Gasteiger partial charge in [0.25, 0.3) is 0 Å². The maximum atomic E-state index is 12.4. The Morgan fingerprint density at radius 2 is 1.96 bits per heavy atom. The Hall–Kier alpha value is -2.77. The Morgan fingerprint density at radius 1 is 1.19 bits per heavy atom. The lowest BCUT2D eigenvalue weighted by Gasteiger charge is -2.08. The van der Waals surface area contributed by atoms with Crippen LogP contribution < -0.4 is 0 Å². The highest BCUT2D eigenvalue weighted by atomic mass is 35.5. The van der Waals surface area contributed by atoms with Crippen LogP contribution in [-0.2, 0) is 4.74 Å². The molecule has 4 rings (SSSR count). The highest BCUT2D eigenvalue weighted by Crippen LogP contribution is 2.28. The van der Waals surface area contributed by atoms with Crippen molar-refractivity contribution in [2.75, 3.05) is 0 Å². The number of thiazole rings is 1. The molecule has 0 radical (unpaired) electrons. The molecule has 2 aromatic carbocycles. The van der Waals surface area contributed by atoms with Gasteiger partial charge in [-0.2, -0.15) is 0 Å². The predicted molar refractivity (Wildman–Crippen MR) is 99.8 cm³/mol. The Labute approximate surface area is 158 Å². The highest BCUT2D eigenvalue weighted by Gasteiger charge is 2.20. The second kappa shape index (κ2) is 6.86. The van der Waals surface area contributed by atoms with Crippen LogP contribution in [0, 0.1) is 0 Å². The van der Waals surface area contributed by atoms with Gasteiger partial charge in [0.2, 0.25) is 0 Å². The van der Waals surface area contributed by atoms with E-state index >= 15 is 0 Å². The van der Waals surface area contributed by atoms with Gasteiger partial charge in [-0.05, 0) is 43.3 Å². The molecule has 26 heavy (non-hydrogen) atoms. The van der Waals surface area contributed by atoms with Crippen molar-refractivity contribution >= 4 is 39.1 Å². The molecule has 0 fully saturated rings. The van der Waals surface area contributed by atoms with Gasteiger partial charge in [0, 0.05) is 5.02 Å². The van der Waals surface area contributed by atoms with Crippen LogP contribution in [0.3, 0.4) is 0 Å². The number of aromatic nitrogens is 4. The fourth-order valence-electron chi connectivity index (χ4n) is 2.41. The molecular weight excluding hydrogens is 372 g/mol. The summed E-state index contributed by atoms with van der Waals surface area (Å²) in [6.07, 6.45) is 1.05. The van der Waals surface area contributed by atoms with Crippen molar-refractivity contribution in [1.29, 1.82) is 0 Å². The van der Waals surface area contributed by atoms with Crippen molar-refractivity contribution in [1.82, 2.24) is 20.0 Å². The van der Waals surface area contributed by atoms with E-state index in [1.807, 2.05) is 24.3 Å². The van der Waals surface area contributed by atoms with Crippen LogP contribution >= 0.6 is 22.9 Å². The molecule has 0 spiro atoms. The number of nitrogens with zero attached hydrogens (tertiary/aromatic N) is 4. The molecule has 2 aromatic heterocycles. The van der Waals surface area contributed by atoms with E-state index in [1.165, 1.54) is 22.2 Å². The number of carbonyl (C=O) groups is 1. The minimum atomic E-state index is -0.544. The summed E-state index contributed by atoms with van der Waals surface area (Å²) in [6, 6.07) is 14.9. The zero-order valence-electron chi connectivity index (χ0n) is 13.7. The van der Waals surface area contributed by atoms with Gasteiger partial charge in [-0.15, -0.1) is 16.4 Å². The molecule has 0 aliphatic rings. The molecule has 0 amide bonds. The molecular formula is C18H13ClN4O2S. The van der Waals surface area contributed by atoms with Gasteiger partial charge in [-0.3, -0.25) is 0 Å². The van der Waals surface area contributed by atoms with Crippen LogP contribution in [0.1, 0.15) is 28.5 Å². The summed E-state index contributed by atoms with van der Waals surface area (Å²) in [7, 11) is 0. The first kappa shape index (κ1) is 16.7. The SMILES string of the molecule is CC(OC(=O)c1cn(-c2ccc(Cl)cc2)nn1)c1nc2ccccc2s1. The van der Waals surface area contributed by atoms with Gasteiger partial charge < -0.3 is 4.74 Å². The monoisotopic (exact) mass is 384 g/mol.